The second kappa shape index (κ2) is 9.82. The van der Waals surface area contributed by atoms with Gasteiger partial charge in [0, 0.05) is 32.0 Å². The molecule has 2 aliphatic heterocycles. The van der Waals surface area contributed by atoms with Crippen LogP contribution in [0.5, 0.6) is 0 Å². The number of pyridine rings is 2. The Morgan fingerprint density at radius 1 is 1.24 bits per heavy atom. The number of hydrogen-bond acceptors (Lipinski definition) is 6. The van der Waals surface area contributed by atoms with Gasteiger partial charge in [0.1, 0.15) is 11.9 Å². The summed E-state index contributed by atoms with van der Waals surface area (Å²) in [6, 6.07) is 4.71. The predicted molar refractivity (Wildman–Crippen MR) is 120 cm³/mol. The normalized spacial score (nSPS) is 21.2. The highest BCUT2D eigenvalue weighted by atomic mass is 35.5. The first-order chi connectivity index (χ1) is 15.2. The summed E-state index contributed by atoms with van der Waals surface area (Å²) in [5, 5.41) is 0. The van der Waals surface area contributed by atoms with Crippen LogP contribution >= 0.6 is 12.4 Å². The number of rotatable bonds is 4. The summed E-state index contributed by atoms with van der Waals surface area (Å²) in [5.74, 6) is 0.0418. The maximum Gasteiger partial charge on any atom is 0.418 e. The average Bonchev–Trinajstić information content (AvgIpc) is 2.76. The molecular formula is C22H27ClF3N5O2. The van der Waals surface area contributed by atoms with Gasteiger partial charge in [0.2, 0.25) is 0 Å². The molecule has 2 saturated heterocycles. The molecule has 4 rings (SSSR count). The van der Waals surface area contributed by atoms with Gasteiger partial charge in [-0.05, 0) is 43.9 Å². The number of carbonyl (C=O) groups excluding carboxylic acids is 1. The lowest BCUT2D eigenvalue weighted by atomic mass is 9.88. The number of hydrogen-bond donors (Lipinski definition) is 1. The van der Waals surface area contributed by atoms with Crippen molar-refractivity contribution in [1.82, 2.24) is 14.9 Å². The van der Waals surface area contributed by atoms with Gasteiger partial charge in [-0.1, -0.05) is 6.07 Å². The van der Waals surface area contributed by atoms with Crippen LogP contribution in [0.3, 0.4) is 0 Å². The minimum atomic E-state index is -4.58. The van der Waals surface area contributed by atoms with E-state index in [4.69, 9.17) is 10.5 Å². The molecule has 0 saturated carbocycles. The van der Waals surface area contributed by atoms with Crippen molar-refractivity contribution >= 4 is 29.8 Å². The molecule has 1 atom stereocenters. The molecule has 2 aromatic rings. The third-order valence-electron chi connectivity index (χ3n) is 6.27. The van der Waals surface area contributed by atoms with Crippen molar-refractivity contribution < 1.29 is 22.7 Å². The van der Waals surface area contributed by atoms with Gasteiger partial charge in [0.05, 0.1) is 29.6 Å². The number of alkyl halides is 3. The van der Waals surface area contributed by atoms with Crippen LogP contribution in [0.25, 0.3) is 0 Å². The van der Waals surface area contributed by atoms with Gasteiger partial charge in [-0.25, -0.2) is 4.98 Å². The van der Waals surface area contributed by atoms with Crippen LogP contribution in [0.1, 0.15) is 30.9 Å². The van der Waals surface area contributed by atoms with Crippen LogP contribution in [-0.2, 0) is 22.1 Å². The summed E-state index contributed by atoms with van der Waals surface area (Å²) in [6.07, 6.45) is 0.446. The number of nitrogens with zero attached hydrogens (tertiary/aromatic N) is 4. The summed E-state index contributed by atoms with van der Waals surface area (Å²) >= 11 is 0. The molecule has 2 N–H and O–H groups in total. The molecular weight excluding hydrogens is 459 g/mol. The van der Waals surface area contributed by atoms with Crippen LogP contribution < -0.4 is 10.6 Å². The van der Waals surface area contributed by atoms with Crippen LogP contribution in [0.15, 0.2) is 36.8 Å². The lowest BCUT2D eigenvalue weighted by molar-refractivity contribution is -0.162. The second-order valence-corrected chi connectivity index (χ2v) is 8.40. The van der Waals surface area contributed by atoms with Crippen molar-refractivity contribution in [1.29, 1.82) is 0 Å². The van der Waals surface area contributed by atoms with Crippen molar-refractivity contribution in [2.24, 2.45) is 0 Å². The first kappa shape index (κ1) is 25.2. The predicted octanol–water partition coefficient (Wildman–Crippen LogP) is 3.33. The Kier molecular flexibility index (Phi) is 7.50. The zero-order chi connectivity index (χ0) is 22.9. The maximum atomic E-state index is 13.5. The second-order valence-electron chi connectivity index (χ2n) is 8.40. The van der Waals surface area contributed by atoms with Gasteiger partial charge in [-0.2, -0.15) is 13.2 Å². The van der Waals surface area contributed by atoms with Gasteiger partial charge < -0.3 is 20.3 Å². The Morgan fingerprint density at radius 2 is 1.97 bits per heavy atom. The molecule has 11 heteroatoms. The Labute approximate surface area is 196 Å². The standard InChI is InChI=1S/C22H26F3N5O2.ClH/c1-15-20(31)30(18-13-27-9-4-17(18)22(23,24)25)14-21(32-15)6-11-29(12-7-21)10-5-16-3-2-8-28-19(16)26;/h2-4,8-9,13,15H,5-7,10-12,14H2,1H3,(H2,26,28);1H. The summed E-state index contributed by atoms with van der Waals surface area (Å²) < 4.78 is 46.7. The van der Waals surface area contributed by atoms with Gasteiger partial charge in [0.15, 0.2) is 0 Å². The number of piperidine rings is 1. The molecule has 1 amide bonds. The molecule has 0 aliphatic carbocycles. The highest BCUT2D eigenvalue weighted by Crippen LogP contribution is 2.40. The van der Waals surface area contributed by atoms with Gasteiger partial charge in [0.25, 0.3) is 5.91 Å². The fraction of sp³-hybridized carbons (Fsp3) is 0.500. The minimum Gasteiger partial charge on any atom is -0.383 e. The zero-order valence-corrected chi connectivity index (χ0v) is 19.0. The largest absolute Gasteiger partial charge is 0.418 e. The van der Waals surface area contributed by atoms with E-state index in [0.29, 0.717) is 31.7 Å². The first-order valence-corrected chi connectivity index (χ1v) is 10.6. The van der Waals surface area contributed by atoms with Crippen molar-refractivity contribution in [3.8, 4) is 0 Å². The number of morpholine rings is 1. The Hall–Kier alpha value is -2.43. The van der Waals surface area contributed by atoms with E-state index >= 15 is 0 Å². The average molecular weight is 486 g/mol. The quantitative estimate of drug-likeness (QED) is 0.715. The van der Waals surface area contributed by atoms with Crippen LogP contribution in [0.2, 0.25) is 0 Å². The van der Waals surface area contributed by atoms with Crippen molar-refractivity contribution in [2.45, 2.75) is 44.1 Å². The Bertz CT molecular complexity index is 982. The summed E-state index contributed by atoms with van der Waals surface area (Å²) in [4.78, 5) is 24.2. The van der Waals surface area contributed by atoms with Gasteiger partial charge >= 0.3 is 6.18 Å². The van der Waals surface area contributed by atoms with E-state index in [0.717, 1.165) is 37.0 Å². The van der Waals surface area contributed by atoms with Crippen molar-refractivity contribution in [2.75, 3.05) is 36.8 Å². The van der Waals surface area contributed by atoms with E-state index in [1.165, 1.54) is 4.90 Å². The molecule has 33 heavy (non-hydrogen) atoms. The van der Waals surface area contributed by atoms with Crippen LogP contribution in [0.4, 0.5) is 24.7 Å². The van der Waals surface area contributed by atoms with E-state index in [1.54, 1.807) is 13.1 Å². The summed E-state index contributed by atoms with van der Waals surface area (Å²) in [7, 11) is 0. The van der Waals surface area contributed by atoms with Gasteiger partial charge in [-0.15, -0.1) is 12.4 Å². The molecule has 0 radical (unpaired) electrons. The zero-order valence-electron chi connectivity index (χ0n) is 18.2. The number of aromatic nitrogens is 2. The third-order valence-corrected chi connectivity index (χ3v) is 6.27. The number of ether oxygens (including phenoxy) is 1. The highest BCUT2D eigenvalue weighted by Gasteiger charge is 2.47. The Morgan fingerprint density at radius 3 is 2.64 bits per heavy atom. The smallest absolute Gasteiger partial charge is 0.383 e. The molecule has 0 aromatic carbocycles. The molecule has 0 bridgehead atoms. The molecule has 180 valence electrons. The van der Waals surface area contributed by atoms with Gasteiger partial charge in [-0.3, -0.25) is 9.78 Å². The summed E-state index contributed by atoms with van der Waals surface area (Å²) in [6.45, 7) is 3.90. The molecule has 2 fully saturated rings. The SMILES string of the molecule is CC1OC2(CCN(CCc3cccnc3N)CC2)CN(c2cnccc2C(F)(F)F)C1=O.Cl. The summed E-state index contributed by atoms with van der Waals surface area (Å²) in [5.41, 5.74) is 5.14. The van der Waals surface area contributed by atoms with E-state index in [2.05, 4.69) is 14.9 Å². The van der Waals surface area contributed by atoms with E-state index in [1.807, 2.05) is 12.1 Å². The molecule has 1 spiro atoms. The van der Waals surface area contributed by atoms with Crippen LogP contribution in [0, 0.1) is 0 Å². The van der Waals surface area contributed by atoms with Crippen LogP contribution in [-0.4, -0.2) is 58.7 Å². The van der Waals surface area contributed by atoms with E-state index in [9.17, 15) is 18.0 Å². The lowest BCUT2D eigenvalue weighted by Gasteiger charge is -2.49. The minimum absolute atomic E-state index is 0. The highest BCUT2D eigenvalue weighted by molar-refractivity contribution is 5.97. The molecule has 4 heterocycles. The number of carbonyl (C=O) groups is 1. The van der Waals surface area contributed by atoms with E-state index in [-0.39, 0.29) is 24.6 Å². The van der Waals surface area contributed by atoms with Crippen molar-refractivity contribution in [3.05, 3.63) is 47.9 Å². The topological polar surface area (TPSA) is 84.6 Å². The number of amides is 1. The van der Waals surface area contributed by atoms with E-state index < -0.39 is 29.4 Å². The maximum absolute atomic E-state index is 13.5. The molecule has 2 aromatic heterocycles. The first-order valence-electron chi connectivity index (χ1n) is 10.6. The number of likely N-dealkylation sites (tertiary alicyclic amines) is 1. The number of nitrogens with two attached hydrogens (primary N) is 1. The number of nitrogen functional groups attached to an aromatic ring is 1. The molecule has 1 unspecified atom stereocenters. The number of anilines is 2. The fourth-order valence-corrected chi connectivity index (χ4v) is 4.49. The Balaban J connectivity index is 0.00000306. The van der Waals surface area contributed by atoms with Crippen molar-refractivity contribution in [3.63, 3.8) is 0 Å². The monoisotopic (exact) mass is 485 g/mol. The fourth-order valence-electron chi connectivity index (χ4n) is 4.49. The number of halogens is 4. The molecule has 2 aliphatic rings. The third kappa shape index (κ3) is 5.39. The lowest BCUT2D eigenvalue weighted by Crippen LogP contribution is -2.62. The molecule has 7 nitrogen and oxygen atoms in total.